The van der Waals surface area contributed by atoms with Gasteiger partial charge in [0.05, 0.1) is 36.3 Å². The van der Waals surface area contributed by atoms with Gasteiger partial charge in [0.15, 0.2) is 11.4 Å². The van der Waals surface area contributed by atoms with E-state index in [2.05, 4.69) is 15.7 Å². The number of aromatic nitrogens is 2. The van der Waals surface area contributed by atoms with Crippen LogP contribution in [0.4, 0.5) is 5.69 Å². The first kappa shape index (κ1) is 21.8. The van der Waals surface area contributed by atoms with Crippen LogP contribution >= 0.6 is 0 Å². The van der Waals surface area contributed by atoms with E-state index in [0.29, 0.717) is 17.0 Å². The van der Waals surface area contributed by atoms with E-state index < -0.39 is 5.91 Å². The lowest BCUT2D eigenvalue weighted by Gasteiger charge is -2.16. The number of benzene rings is 3. The fourth-order valence-corrected chi connectivity index (χ4v) is 3.45. The largest absolute Gasteiger partial charge is 0.493 e. The van der Waals surface area contributed by atoms with Gasteiger partial charge in [0, 0.05) is 0 Å². The number of carbonyl (C=O) groups excluding carboxylic acids is 2. The second-order valence-corrected chi connectivity index (χ2v) is 7.43. The fourth-order valence-electron chi connectivity index (χ4n) is 3.45. The van der Waals surface area contributed by atoms with Crippen LogP contribution in [0.2, 0.25) is 0 Å². The molecule has 0 aliphatic heterocycles. The first-order valence-electron chi connectivity index (χ1n) is 10.5. The van der Waals surface area contributed by atoms with Crippen molar-refractivity contribution in [3.8, 4) is 11.4 Å². The molecule has 4 aromatic rings. The van der Waals surface area contributed by atoms with Crippen LogP contribution in [-0.4, -0.2) is 28.7 Å². The highest BCUT2D eigenvalue weighted by molar-refractivity contribution is 6.09. The van der Waals surface area contributed by atoms with E-state index in [4.69, 9.17) is 4.74 Å². The predicted octanol–water partition coefficient (Wildman–Crippen LogP) is 4.62. The number of carbonyl (C=O) groups is 2. The summed E-state index contributed by atoms with van der Waals surface area (Å²) in [5, 5.41) is 10.2. The minimum atomic E-state index is -0.474. The molecule has 7 nitrogen and oxygen atoms in total. The summed E-state index contributed by atoms with van der Waals surface area (Å²) < 4.78 is 6.94. The Kier molecular flexibility index (Phi) is 6.50. The van der Waals surface area contributed by atoms with Gasteiger partial charge in [-0.25, -0.2) is 4.68 Å². The number of hydrogen-bond acceptors (Lipinski definition) is 4. The Morgan fingerprint density at radius 1 is 0.879 bits per heavy atom. The number of para-hydroxylation sites is 2. The van der Waals surface area contributed by atoms with Crippen LogP contribution in [0.15, 0.2) is 91.1 Å². The molecule has 0 bridgehead atoms. The van der Waals surface area contributed by atoms with Crippen molar-refractivity contribution >= 4 is 17.5 Å². The molecule has 0 aliphatic rings. The minimum absolute atomic E-state index is 0.120. The van der Waals surface area contributed by atoms with Crippen molar-refractivity contribution in [2.45, 2.75) is 13.0 Å². The lowest BCUT2D eigenvalue weighted by Crippen LogP contribution is -2.28. The zero-order valence-electron chi connectivity index (χ0n) is 18.4. The fraction of sp³-hybridized carbons (Fsp3) is 0.115. The molecule has 0 saturated carbocycles. The number of hydrogen-bond donors (Lipinski definition) is 2. The first-order valence-corrected chi connectivity index (χ1v) is 10.5. The zero-order valence-corrected chi connectivity index (χ0v) is 18.4. The van der Waals surface area contributed by atoms with Crippen LogP contribution in [-0.2, 0) is 0 Å². The van der Waals surface area contributed by atoms with E-state index in [1.807, 2.05) is 67.6 Å². The lowest BCUT2D eigenvalue weighted by molar-refractivity contribution is 0.0940. The standard InChI is InChI=1S/C26H24N4O3/c1-18(19-11-5-3-6-12-19)27-25(31)21-15-9-10-16-22(21)28-26(32)24-23(33-2)17-30(29-24)20-13-7-4-8-14-20/h3-18H,1-2H3,(H,27,31)(H,28,32). The SMILES string of the molecule is COc1cn(-c2ccccc2)nc1C(=O)Nc1ccccc1C(=O)NC(C)c1ccccc1. The normalized spacial score (nSPS) is 11.5. The Bertz CT molecular complexity index is 1250. The number of nitrogens with zero attached hydrogens (tertiary/aromatic N) is 2. The van der Waals surface area contributed by atoms with Crippen LogP contribution < -0.4 is 15.4 Å². The van der Waals surface area contributed by atoms with Crippen LogP contribution in [0, 0.1) is 0 Å². The molecule has 1 heterocycles. The van der Waals surface area contributed by atoms with Crippen molar-refractivity contribution in [3.63, 3.8) is 0 Å². The van der Waals surface area contributed by atoms with Crippen LogP contribution in [0.5, 0.6) is 5.75 Å². The molecule has 2 N–H and O–H groups in total. The van der Waals surface area contributed by atoms with Crippen LogP contribution in [0.25, 0.3) is 5.69 Å². The molecule has 0 fully saturated rings. The Balaban J connectivity index is 1.55. The smallest absolute Gasteiger partial charge is 0.280 e. The van der Waals surface area contributed by atoms with Gasteiger partial charge in [0.2, 0.25) is 0 Å². The Morgan fingerprint density at radius 2 is 1.52 bits per heavy atom. The average molecular weight is 441 g/mol. The monoisotopic (exact) mass is 440 g/mol. The third kappa shape index (κ3) is 4.93. The number of methoxy groups -OCH3 is 1. The van der Waals surface area contributed by atoms with E-state index in [1.165, 1.54) is 7.11 Å². The first-order chi connectivity index (χ1) is 16.1. The summed E-state index contributed by atoms with van der Waals surface area (Å²) in [5.74, 6) is -0.432. The summed E-state index contributed by atoms with van der Waals surface area (Å²) in [5.41, 5.74) is 2.65. The lowest BCUT2D eigenvalue weighted by atomic mass is 10.1. The molecule has 0 radical (unpaired) electrons. The predicted molar refractivity (Wildman–Crippen MR) is 127 cm³/mol. The molecule has 1 aromatic heterocycles. The number of nitrogens with one attached hydrogen (secondary N) is 2. The van der Waals surface area contributed by atoms with E-state index in [9.17, 15) is 9.59 Å². The summed E-state index contributed by atoms with van der Waals surface area (Å²) in [6.07, 6.45) is 1.64. The van der Waals surface area contributed by atoms with Gasteiger partial charge < -0.3 is 15.4 Å². The molecule has 0 aliphatic carbocycles. The molecule has 0 spiro atoms. The molecule has 166 valence electrons. The van der Waals surface area contributed by atoms with Crippen molar-refractivity contribution in [3.05, 3.63) is 108 Å². The molecule has 4 rings (SSSR count). The maximum Gasteiger partial charge on any atom is 0.280 e. The van der Waals surface area contributed by atoms with Gasteiger partial charge in [-0.1, -0.05) is 60.7 Å². The number of anilines is 1. The Morgan fingerprint density at radius 3 is 2.21 bits per heavy atom. The highest BCUT2D eigenvalue weighted by Crippen LogP contribution is 2.23. The molecule has 33 heavy (non-hydrogen) atoms. The summed E-state index contributed by atoms with van der Waals surface area (Å²) in [7, 11) is 1.48. The second-order valence-electron chi connectivity index (χ2n) is 7.43. The maximum absolute atomic E-state index is 13.1. The maximum atomic E-state index is 13.1. The van der Waals surface area contributed by atoms with Crippen molar-refractivity contribution in [2.75, 3.05) is 12.4 Å². The van der Waals surface area contributed by atoms with Gasteiger partial charge >= 0.3 is 0 Å². The van der Waals surface area contributed by atoms with Gasteiger partial charge in [-0.3, -0.25) is 9.59 Å². The van der Waals surface area contributed by atoms with Gasteiger partial charge in [-0.05, 0) is 36.8 Å². The number of ether oxygens (including phenoxy) is 1. The summed E-state index contributed by atoms with van der Waals surface area (Å²) in [6.45, 7) is 1.91. The molecule has 1 unspecified atom stereocenters. The zero-order chi connectivity index (χ0) is 23.2. The highest BCUT2D eigenvalue weighted by Gasteiger charge is 2.21. The van der Waals surface area contributed by atoms with Crippen molar-refractivity contribution in [1.29, 1.82) is 0 Å². The van der Waals surface area contributed by atoms with E-state index in [0.717, 1.165) is 11.3 Å². The van der Waals surface area contributed by atoms with E-state index >= 15 is 0 Å². The quantitative estimate of drug-likeness (QED) is 0.439. The van der Waals surface area contributed by atoms with E-state index in [-0.39, 0.29) is 17.6 Å². The van der Waals surface area contributed by atoms with E-state index in [1.54, 1.807) is 35.1 Å². The van der Waals surface area contributed by atoms with Gasteiger partial charge in [0.25, 0.3) is 11.8 Å². The Labute approximate surface area is 192 Å². The third-order valence-corrected chi connectivity index (χ3v) is 5.20. The molecule has 7 heteroatoms. The van der Waals surface area contributed by atoms with Gasteiger partial charge in [-0.2, -0.15) is 5.10 Å². The molecule has 1 atom stereocenters. The molecule has 0 saturated heterocycles. The second kappa shape index (κ2) is 9.82. The highest BCUT2D eigenvalue weighted by atomic mass is 16.5. The van der Waals surface area contributed by atoms with Crippen molar-refractivity contribution in [1.82, 2.24) is 15.1 Å². The summed E-state index contributed by atoms with van der Waals surface area (Å²) in [6, 6.07) is 25.8. The number of amides is 2. The topological polar surface area (TPSA) is 85.2 Å². The molecule has 3 aromatic carbocycles. The third-order valence-electron chi connectivity index (χ3n) is 5.20. The molecular formula is C26H24N4O3. The Hall–Kier alpha value is -4.39. The van der Waals surface area contributed by atoms with Crippen molar-refractivity contribution < 1.29 is 14.3 Å². The van der Waals surface area contributed by atoms with Crippen LogP contribution in [0.3, 0.4) is 0 Å². The minimum Gasteiger partial charge on any atom is -0.493 e. The average Bonchev–Trinajstić information content (AvgIpc) is 3.30. The van der Waals surface area contributed by atoms with Crippen molar-refractivity contribution in [2.24, 2.45) is 0 Å². The molecular weight excluding hydrogens is 416 g/mol. The number of rotatable bonds is 7. The summed E-state index contributed by atoms with van der Waals surface area (Å²) in [4.78, 5) is 26.0. The van der Waals surface area contributed by atoms with Gasteiger partial charge in [0.1, 0.15) is 0 Å². The summed E-state index contributed by atoms with van der Waals surface area (Å²) >= 11 is 0. The van der Waals surface area contributed by atoms with Crippen LogP contribution in [0.1, 0.15) is 39.4 Å². The van der Waals surface area contributed by atoms with Gasteiger partial charge in [-0.15, -0.1) is 0 Å². The molecule has 2 amide bonds.